The molecule has 0 saturated carbocycles. The Hall–Kier alpha value is -0.610. The second-order valence-corrected chi connectivity index (χ2v) is 2.57. The van der Waals surface area contributed by atoms with Crippen LogP contribution in [0.5, 0.6) is 0 Å². The van der Waals surface area contributed by atoms with Crippen LogP contribution in [0.1, 0.15) is 20.3 Å². The first-order valence-electron chi connectivity index (χ1n) is 4.25. The smallest absolute Gasteiger partial charge is 0.251 e. The molecule has 0 aromatic rings. The number of aliphatic hydroxyl groups excluding tert-OH is 2. The van der Waals surface area contributed by atoms with E-state index in [1.54, 1.807) is 6.92 Å². The normalized spacial score (nSPS) is 12.7. The van der Waals surface area contributed by atoms with E-state index in [0.717, 1.165) is 0 Å². The fraction of sp³-hybridized carbons (Fsp3) is 0.875. The predicted octanol–water partition coefficient (Wildman–Crippen LogP) is -0.402. The highest BCUT2D eigenvalue weighted by Gasteiger charge is 2.18. The van der Waals surface area contributed by atoms with E-state index in [0.29, 0.717) is 19.5 Å². The molecular formula is C8H17NO3. The van der Waals surface area contributed by atoms with Crippen LogP contribution in [-0.2, 0) is 4.79 Å². The number of hydrogen-bond acceptors (Lipinski definition) is 3. The molecule has 0 aromatic carbocycles. The summed E-state index contributed by atoms with van der Waals surface area (Å²) in [6.45, 7) is 4.32. The highest BCUT2D eigenvalue weighted by Crippen LogP contribution is 1.98. The van der Waals surface area contributed by atoms with E-state index in [1.165, 1.54) is 4.90 Å². The number of nitrogens with zero attached hydrogens (tertiary/aromatic N) is 1. The number of aliphatic hydroxyl groups is 2. The maximum absolute atomic E-state index is 11.3. The number of likely N-dealkylation sites (N-methyl/N-ethyl adjacent to an activating group) is 1. The van der Waals surface area contributed by atoms with Crippen LogP contribution in [0.3, 0.4) is 0 Å². The molecule has 2 N–H and O–H groups in total. The average Bonchev–Trinajstić information content (AvgIpc) is 2.11. The largest absolute Gasteiger partial charge is 0.395 e. The Balaban J connectivity index is 4.01. The van der Waals surface area contributed by atoms with Gasteiger partial charge in [-0.3, -0.25) is 4.79 Å². The molecule has 0 radical (unpaired) electrons. The summed E-state index contributed by atoms with van der Waals surface area (Å²) in [6, 6.07) is 0. The maximum atomic E-state index is 11.3. The molecule has 0 heterocycles. The van der Waals surface area contributed by atoms with Crippen LogP contribution in [0.2, 0.25) is 0 Å². The van der Waals surface area contributed by atoms with Crippen molar-refractivity contribution in [3.05, 3.63) is 0 Å². The zero-order valence-electron chi connectivity index (χ0n) is 7.66. The fourth-order valence-electron chi connectivity index (χ4n) is 0.930. The number of rotatable bonds is 5. The van der Waals surface area contributed by atoms with Gasteiger partial charge in [-0.05, 0) is 13.3 Å². The van der Waals surface area contributed by atoms with Crippen molar-refractivity contribution in [2.75, 3.05) is 19.7 Å². The van der Waals surface area contributed by atoms with E-state index in [4.69, 9.17) is 5.11 Å². The molecule has 0 spiro atoms. The van der Waals surface area contributed by atoms with Gasteiger partial charge in [-0.15, -0.1) is 0 Å². The van der Waals surface area contributed by atoms with E-state index < -0.39 is 6.10 Å². The van der Waals surface area contributed by atoms with Gasteiger partial charge in [0.15, 0.2) is 0 Å². The van der Waals surface area contributed by atoms with Crippen molar-refractivity contribution in [3.63, 3.8) is 0 Å². The molecule has 1 amide bonds. The molecule has 4 heteroatoms. The van der Waals surface area contributed by atoms with Crippen molar-refractivity contribution in [1.29, 1.82) is 0 Å². The van der Waals surface area contributed by atoms with Crippen LogP contribution in [0.4, 0.5) is 0 Å². The van der Waals surface area contributed by atoms with Crippen LogP contribution in [0.25, 0.3) is 0 Å². The molecule has 12 heavy (non-hydrogen) atoms. The fourth-order valence-corrected chi connectivity index (χ4v) is 0.930. The Morgan fingerprint density at radius 2 is 2.08 bits per heavy atom. The molecule has 0 aliphatic rings. The monoisotopic (exact) mass is 175 g/mol. The number of hydrogen-bond donors (Lipinski definition) is 2. The first kappa shape index (κ1) is 11.4. The average molecular weight is 175 g/mol. The first-order chi connectivity index (χ1) is 5.67. The summed E-state index contributed by atoms with van der Waals surface area (Å²) in [5, 5.41) is 17.8. The zero-order chi connectivity index (χ0) is 9.56. The summed E-state index contributed by atoms with van der Waals surface area (Å²) in [6.07, 6.45) is -0.502. The SMILES string of the molecule is CCC(O)C(=O)N(CC)CCO. The second kappa shape index (κ2) is 5.97. The van der Waals surface area contributed by atoms with Gasteiger partial charge in [0.05, 0.1) is 6.61 Å². The Kier molecular flexibility index (Phi) is 5.66. The predicted molar refractivity (Wildman–Crippen MR) is 45.6 cm³/mol. The Morgan fingerprint density at radius 3 is 2.42 bits per heavy atom. The minimum Gasteiger partial charge on any atom is -0.395 e. The van der Waals surface area contributed by atoms with Gasteiger partial charge in [0.25, 0.3) is 5.91 Å². The summed E-state index contributed by atoms with van der Waals surface area (Å²) < 4.78 is 0. The van der Waals surface area contributed by atoms with E-state index in [1.807, 2.05) is 6.92 Å². The number of amides is 1. The summed E-state index contributed by atoms with van der Waals surface area (Å²) >= 11 is 0. The molecule has 1 unspecified atom stereocenters. The zero-order valence-corrected chi connectivity index (χ0v) is 7.66. The van der Waals surface area contributed by atoms with Gasteiger partial charge < -0.3 is 15.1 Å². The number of carbonyl (C=O) groups excluding carboxylic acids is 1. The third kappa shape index (κ3) is 3.19. The Bertz CT molecular complexity index is 138. The van der Waals surface area contributed by atoms with E-state index in [-0.39, 0.29) is 12.5 Å². The third-order valence-corrected chi connectivity index (χ3v) is 1.74. The van der Waals surface area contributed by atoms with Gasteiger partial charge >= 0.3 is 0 Å². The molecular weight excluding hydrogens is 158 g/mol. The molecule has 4 nitrogen and oxygen atoms in total. The standard InChI is InChI=1S/C8H17NO3/c1-3-7(11)8(12)9(4-2)5-6-10/h7,10-11H,3-6H2,1-2H3. The lowest BCUT2D eigenvalue weighted by Crippen LogP contribution is -2.40. The summed E-state index contributed by atoms with van der Waals surface area (Å²) in [5.41, 5.74) is 0. The van der Waals surface area contributed by atoms with Crippen LogP contribution in [0.15, 0.2) is 0 Å². The van der Waals surface area contributed by atoms with Crippen LogP contribution in [-0.4, -0.2) is 46.8 Å². The quantitative estimate of drug-likeness (QED) is 0.597. The highest BCUT2D eigenvalue weighted by molar-refractivity contribution is 5.80. The lowest BCUT2D eigenvalue weighted by atomic mass is 10.2. The maximum Gasteiger partial charge on any atom is 0.251 e. The minimum absolute atomic E-state index is 0.0595. The van der Waals surface area contributed by atoms with E-state index in [2.05, 4.69) is 0 Å². The second-order valence-electron chi connectivity index (χ2n) is 2.57. The topological polar surface area (TPSA) is 60.8 Å². The van der Waals surface area contributed by atoms with Gasteiger partial charge in [-0.1, -0.05) is 6.92 Å². The van der Waals surface area contributed by atoms with E-state index >= 15 is 0 Å². The van der Waals surface area contributed by atoms with Gasteiger partial charge in [-0.25, -0.2) is 0 Å². The number of carbonyl (C=O) groups is 1. The summed E-state index contributed by atoms with van der Waals surface area (Å²) in [5.74, 6) is -0.297. The van der Waals surface area contributed by atoms with Crippen molar-refractivity contribution < 1.29 is 15.0 Å². The molecule has 0 bridgehead atoms. The van der Waals surface area contributed by atoms with Crippen molar-refractivity contribution >= 4 is 5.91 Å². The van der Waals surface area contributed by atoms with Crippen molar-refractivity contribution in [3.8, 4) is 0 Å². The first-order valence-corrected chi connectivity index (χ1v) is 4.25. The molecule has 0 aliphatic carbocycles. The molecule has 1 atom stereocenters. The molecule has 0 aliphatic heterocycles. The summed E-state index contributed by atoms with van der Waals surface area (Å²) in [4.78, 5) is 12.7. The Labute approximate surface area is 72.8 Å². The van der Waals surface area contributed by atoms with Gasteiger partial charge in [-0.2, -0.15) is 0 Å². The van der Waals surface area contributed by atoms with Crippen LogP contribution >= 0.6 is 0 Å². The lowest BCUT2D eigenvalue weighted by Gasteiger charge is -2.21. The van der Waals surface area contributed by atoms with Crippen LogP contribution in [0, 0.1) is 0 Å². The Morgan fingerprint density at radius 1 is 1.50 bits per heavy atom. The van der Waals surface area contributed by atoms with Crippen LogP contribution < -0.4 is 0 Å². The van der Waals surface area contributed by atoms with Gasteiger partial charge in [0.1, 0.15) is 6.10 Å². The highest BCUT2D eigenvalue weighted by atomic mass is 16.3. The molecule has 0 saturated heterocycles. The van der Waals surface area contributed by atoms with E-state index in [9.17, 15) is 9.90 Å². The molecule has 0 fully saturated rings. The molecule has 0 aromatic heterocycles. The minimum atomic E-state index is -0.920. The van der Waals surface area contributed by atoms with Crippen molar-refractivity contribution in [2.24, 2.45) is 0 Å². The molecule has 72 valence electrons. The lowest BCUT2D eigenvalue weighted by molar-refractivity contribution is -0.140. The summed E-state index contributed by atoms with van der Waals surface area (Å²) in [7, 11) is 0. The van der Waals surface area contributed by atoms with Crippen molar-refractivity contribution in [1.82, 2.24) is 4.90 Å². The van der Waals surface area contributed by atoms with Gasteiger partial charge in [0.2, 0.25) is 0 Å². The molecule has 0 rings (SSSR count). The third-order valence-electron chi connectivity index (χ3n) is 1.74. The van der Waals surface area contributed by atoms with Gasteiger partial charge in [0, 0.05) is 13.1 Å². The van der Waals surface area contributed by atoms with Crippen molar-refractivity contribution in [2.45, 2.75) is 26.4 Å².